The van der Waals surface area contributed by atoms with E-state index in [9.17, 15) is 4.79 Å². The number of carbonyl (C=O) groups is 1. The van der Waals surface area contributed by atoms with Crippen molar-refractivity contribution in [2.45, 2.75) is 18.9 Å². The lowest BCUT2D eigenvalue weighted by Gasteiger charge is -2.31. The summed E-state index contributed by atoms with van der Waals surface area (Å²) in [5, 5.41) is 8.78. The number of hydrogen-bond acceptors (Lipinski definition) is 3. The normalized spacial score (nSPS) is 20.8. The monoisotopic (exact) mass is 249 g/mol. The number of morpholine rings is 1. The van der Waals surface area contributed by atoms with Gasteiger partial charge in [0.15, 0.2) is 0 Å². The number of benzene rings is 1. The second-order valence-electron chi connectivity index (χ2n) is 4.65. The zero-order valence-electron chi connectivity index (χ0n) is 10.4. The maximum Gasteiger partial charge on any atom is 0.317 e. The van der Waals surface area contributed by atoms with Gasteiger partial charge in [-0.1, -0.05) is 30.3 Å². The van der Waals surface area contributed by atoms with Crippen LogP contribution in [-0.4, -0.2) is 48.3 Å². The van der Waals surface area contributed by atoms with Gasteiger partial charge >= 0.3 is 5.97 Å². The highest BCUT2D eigenvalue weighted by molar-refractivity contribution is 5.69. The highest BCUT2D eigenvalue weighted by atomic mass is 16.5. The Morgan fingerprint density at radius 1 is 1.39 bits per heavy atom. The highest BCUT2D eigenvalue weighted by Crippen LogP contribution is 2.12. The summed E-state index contributed by atoms with van der Waals surface area (Å²) in [5.74, 6) is -0.765. The first kappa shape index (κ1) is 13.1. The zero-order valence-corrected chi connectivity index (χ0v) is 10.4. The molecule has 1 aromatic rings. The molecule has 0 saturated carbocycles. The Morgan fingerprint density at radius 3 is 2.89 bits per heavy atom. The lowest BCUT2D eigenvalue weighted by Crippen LogP contribution is -2.44. The van der Waals surface area contributed by atoms with E-state index >= 15 is 0 Å². The van der Waals surface area contributed by atoms with Crippen molar-refractivity contribution in [3.8, 4) is 0 Å². The van der Waals surface area contributed by atoms with Gasteiger partial charge in [-0.3, -0.25) is 9.69 Å². The molecular weight excluding hydrogens is 230 g/mol. The van der Waals surface area contributed by atoms with Crippen LogP contribution in [-0.2, 0) is 16.0 Å². The Hall–Kier alpha value is -1.39. The zero-order chi connectivity index (χ0) is 12.8. The molecule has 0 amide bonds. The Labute approximate surface area is 107 Å². The average Bonchev–Trinajstić information content (AvgIpc) is 2.37. The van der Waals surface area contributed by atoms with Gasteiger partial charge in [0.2, 0.25) is 0 Å². The molecule has 0 radical (unpaired) electrons. The van der Waals surface area contributed by atoms with Crippen molar-refractivity contribution >= 4 is 5.97 Å². The van der Waals surface area contributed by atoms with Crippen LogP contribution in [0.5, 0.6) is 0 Å². The Bertz CT molecular complexity index is 380. The maximum atomic E-state index is 10.7. The van der Waals surface area contributed by atoms with Crippen molar-refractivity contribution in [1.82, 2.24) is 4.90 Å². The minimum Gasteiger partial charge on any atom is -0.480 e. The summed E-state index contributed by atoms with van der Waals surface area (Å²) in [5.41, 5.74) is 1.30. The molecular formula is C14H19NO3. The summed E-state index contributed by atoms with van der Waals surface area (Å²) in [6.45, 7) is 2.19. The lowest BCUT2D eigenvalue weighted by molar-refractivity contribution is -0.140. The van der Waals surface area contributed by atoms with E-state index in [1.165, 1.54) is 5.56 Å². The van der Waals surface area contributed by atoms with Crippen LogP contribution in [0.3, 0.4) is 0 Å². The molecule has 1 saturated heterocycles. The second-order valence-corrected chi connectivity index (χ2v) is 4.65. The van der Waals surface area contributed by atoms with E-state index in [1.807, 2.05) is 23.1 Å². The Balaban J connectivity index is 1.77. The predicted molar refractivity (Wildman–Crippen MR) is 68.6 cm³/mol. The van der Waals surface area contributed by atoms with Crippen molar-refractivity contribution in [3.05, 3.63) is 35.9 Å². The van der Waals surface area contributed by atoms with E-state index in [2.05, 4.69) is 12.1 Å². The molecule has 18 heavy (non-hydrogen) atoms. The first-order chi connectivity index (χ1) is 8.74. The van der Waals surface area contributed by atoms with Crippen LogP contribution in [0, 0.1) is 0 Å². The van der Waals surface area contributed by atoms with Gasteiger partial charge in [0.05, 0.1) is 19.3 Å². The third kappa shape index (κ3) is 4.13. The van der Waals surface area contributed by atoms with E-state index in [4.69, 9.17) is 9.84 Å². The Kier molecular flexibility index (Phi) is 4.73. The van der Waals surface area contributed by atoms with Crippen molar-refractivity contribution in [2.75, 3.05) is 26.2 Å². The van der Waals surface area contributed by atoms with Gasteiger partial charge in [0, 0.05) is 13.1 Å². The number of hydrogen-bond donors (Lipinski definition) is 1. The van der Waals surface area contributed by atoms with Crippen LogP contribution in [0.4, 0.5) is 0 Å². The fourth-order valence-electron chi connectivity index (χ4n) is 2.26. The smallest absolute Gasteiger partial charge is 0.317 e. The van der Waals surface area contributed by atoms with Crippen molar-refractivity contribution in [3.63, 3.8) is 0 Å². The quantitative estimate of drug-likeness (QED) is 0.857. The Morgan fingerprint density at radius 2 is 2.17 bits per heavy atom. The van der Waals surface area contributed by atoms with Crippen LogP contribution in [0.2, 0.25) is 0 Å². The molecule has 1 fully saturated rings. The standard InChI is InChI=1S/C14H19NO3/c16-14(17)11-15-8-9-18-13(10-15)7-6-12-4-2-1-3-5-12/h1-5,13H,6-11H2,(H,16,17)/t13-/m1/s1. The maximum absolute atomic E-state index is 10.7. The summed E-state index contributed by atoms with van der Waals surface area (Å²) in [6, 6.07) is 10.3. The topological polar surface area (TPSA) is 49.8 Å². The summed E-state index contributed by atoms with van der Waals surface area (Å²) < 4.78 is 5.68. The third-order valence-corrected chi connectivity index (χ3v) is 3.18. The number of aliphatic carboxylic acids is 1. The minimum atomic E-state index is -0.765. The molecule has 1 aliphatic rings. The predicted octanol–water partition coefficient (Wildman–Crippen LogP) is 1.40. The third-order valence-electron chi connectivity index (χ3n) is 3.18. The highest BCUT2D eigenvalue weighted by Gasteiger charge is 2.21. The number of rotatable bonds is 5. The molecule has 1 atom stereocenters. The molecule has 4 heteroatoms. The number of nitrogens with zero attached hydrogens (tertiary/aromatic N) is 1. The first-order valence-electron chi connectivity index (χ1n) is 6.34. The molecule has 1 aromatic carbocycles. The van der Waals surface area contributed by atoms with Crippen molar-refractivity contribution in [2.24, 2.45) is 0 Å². The molecule has 1 aliphatic heterocycles. The van der Waals surface area contributed by atoms with Gasteiger partial charge in [-0.25, -0.2) is 0 Å². The van der Waals surface area contributed by atoms with E-state index < -0.39 is 5.97 Å². The van der Waals surface area contributed by atoms with E-state index in [0.717, 1.165) is 19.4 Å². The molecule has 0 unspecified atom stereocenters. The second kappa shape index (κ2) is 6.52. The molecule has 0 aliphatic carbocycles. The summed E-state index contributed by atoms with van der Waals surface area (Å²) in [6.07, 6.45) is 2.07. The number of carboxylic acids is 1. The van der Waals surface area contributed by atoms with Gasteiger partial charge in [-0.15, -0.1) is 0 Å². The largest absolute Gasteiger partial charge is 0.480 e. The van der Waals surface area contributed by atoms with E-state index in [1.54, 1.807) is 0 Å². The van der Waals surface area contributed by atoms with Gasteiger partial charge in [-0.05, 0) is 18.4 Å². The molecule has 0 aromatic heterocycles. The first-order valence-corrected chi connectivity index (χ1v) is 6.34. The van der Waals surface area contributed by atoms with E-state index in [0.29, 0.717) is 13.2 Å². The average molecular weight is 249 g/mol. The summed E-state index contributed by atoms with van der Waals surface area (Å²) >= 11 is 0. The van der Waals surface area contributed by atoms with Crippen molar-refractivity contribution in [1.29, 1.82) is 0 Å². The van der Waals surface area contributed by atoms with Gasteiger partial charge in [0.25, 0.3) is 0 Å². The molecule has 0 bridgehead atoms. The molecule has 4 nitrogen and oxygen atoms in total. The number of aryl methyl sites for hydroxylation is 1. The molecule has 1 heterocycles. The van der Waals surface area contributed by atoms with Crippen LogP contribution in [0.25, 0.3) is 0 Å². The molecule has 0 spiro atoms. The number of carboxylic acid groups (broad SMARTS) is 1. The van der Waals surface area contributed by atoms with Crippen LogP contribution >= 0.6 is 0 Å². The van der Waals surface area contributed by atoms with Crippen LogP contribution in [0.1, 0.15) is 12.0 Å². The van der Waals surface area contributed by atoms with Gasteiger partial charge in [0.1, 0.15) is 0 Å². The fourth-order valence-corrected chi connectivity index (χ4v) is 2.26. The lowest BCUT2D eigenvalue weighted by atomic mass is 10.1. The number of ether oxygens (including phenoxy) is 1. The minimum absolute atomic E-state index is 0.116. The molecule has 1 N–H and O–H groups in total. The van der Waals surface area contributed by atoms with E-state index in [-0.39, 0.29) is 12.6 Å². The summed E-state index contributed by atoms with van der Waals surface area (Å²) in [7, 11) is 0. The van der Waals surface area contributed by atoms with Crippen molar-refractivity contribution < 1.29 is 14.6 Å². The summed E-state index contributed by atoms with van der Waals surface area (Å²) in [4.78, 5) is 12.6. The van der Waals surface area contributed by atoms with Gasteiger partial charge in [-0.2, -0.15) is 0 Å². The fraction of sp³-hybridized carbons (Fsp3) is 0.500. The van der Waals surface area contributed by atoms with Crippen LogP contribution in [0.15, 0.2) is 30.3 Å². The van der Waals surface area contributed by atoms with Crippen LogP contribution < -0.4 is 0 Å². The molecule has 2 rings (SSSR count). The molecule has 98 valence electrons. The van der Waals surface area contributed by atoms with Gasteiger partial charge < -0.3 is 9.84 Å². The SMILES string of the molecule is O=C(O)CN1CCO[C@H](CCc2ccccc2)C1.